The van der Waals surface area contributed by atoms with E-state index < -0.39 is 5.92 Å². The molecule has 0 aromatic carbocycles. The van der Waals surface area contributed by atoms with Crippen LogP contribution in [0.25, 0.3) is 0 Å². The minimum absolute atomic E-state index is 0.0332. The third-order valence-corrected chi connectivity index (χ3v) is 2.34. The monoisotopic (exact) mass is 245 g/mol. The molecule has 100 valence electrons. The second-order valence-corrected chi connectivity index (χ2v) is 3.71. The first-order chi connectivity index (χ1) is 8.17. The zero-order valence-electron chi connectivity index (χ0n) is 10.6. The van der Waals surface area contributed by atoms with Gasteiger partial charge in [-0.1, -0.05) is 18.5 Å². The van der Waals surface area contributed by atoms with Crippen LogP contribution in [-0.4, -0.2) is 36.7 Å². The van der Waals surface area contributed by atoms with E-state index in [1.165, 1.54) is 0 Å². The maximum atomic E-state index is 11.7. The lowest BCUT2D eigenvalue weighted by Gasteiger charge is -2.14. The van der Waals surface area contributed by atoms with E-state index in [1.807, 2.05) is 13.8 Å². The summed E-state index contributed by atoms with van der Waals surface area (Å²) in [5.41, 5.74) is 5.47. The van der Waals surface area contributed by atoms with Gasteiger partial charge in [0, 0.05) is 19.8 Å². The Bertz CT molecular complexity index is 244. The lowest BCUT2D eigenvalue weighted by Crippen LogP contribution is -2.39. The predicted molar refractivity (Wildman–Crippen MR) is 65.9 cm³/mol. The molecule has 4 N–H and O–H groups in total. The lowest BCUT2D eigenvalue weighted by atomic mass is 10.0. The SMILES string of the molecule is CCCC(C(=O)NCCCOCC)C(N)=NO. The Labute approximate surface area is 102 Å². The highest BCUT2D eigenvalue weighted by atomic mass is 16.5. The van der Waals surface area contributed by atoms with Crippen molar-refractivity contribution in [3.05, 3.63) is 0 Å². The van der Waals surface area contributed by atoms with Gasteiger partial charge < -0.3 is 21.0 Å². The van der Waals surface area contributed by atoms with Crippen molar-refractivity contribution in [1.82, 2.24) is 5.32 Å². The molecule has 0 spiro atoms. The molecule has 0 aromatic heterocycles. The van der Waals surface area contributed by atoms with Gasteiger partial charge in [-0.3, -0.25) is 4.79 Å². The zero-order chi connectivity index (χ0) is 13.1. The number of hydrogen-bond donors (Lipinski definition) is 3. The highest BCUT2D eigenvalue weighted by Gasteiger charge is 2.21. The van der Waals surface area contributed by atoms with Crippen molar-refractivity contribution in [2.45, 2.75) is 33.1 Å². The van der Waals surface area contributed by atoms with Crippen LogP contribution in [0.15, 0.2) is 5.16 Å². The third-order valence-electron chi connectivity index (χ3n) is 2.34. The average Bonchev–Trinajstić information content (AvgIpc) is 2.34. The van der Waals surface area contributed by atoms with Gasteiger partial charge in [0.05, 0.1) is 5.92 Å². The number of nitrogens with two attached hydrogens (primary N) is 1. The summed E-state index contributed by atoms with van der Waals surface area (Å²) < 4.78 is 5.15. The molecule has 1 unspecified atom stereocenters. The lowest BCUT2D eigenvalue weighted by molar-refractivity contribution is -0.123. The number of nitrogens with zero attached hydrogens (tertiary/aromatic N) is 1. The number of amides is 1. The highest BCUT2D eigenvalue weighted by Crippen LogP contribution is 2.06. The van der Waals surface area contributed by atoms with Gasteiger partial charge in [0.15, 0.2) is 5.84 Å². The predicted octanol–water partition coefficient (Wildman–Crippen LogP) is 0.692. The topological polar surface area (TPSA) is 96.9 Å². The molecule has 0 aliphatic carbocycles. The molecule has 0 bridgehead atoms. The largest absolute Gasteiger partial charge is 0.409 e. The van der Waals surface area contributed by atoms with E-state index >= 15 is 0 Å². The van der Waals surface area contributed by atoms with Crippen LogP contribution in [0, 0.1) is 5.92 Å². The van der Waals surface area contributed by atoms with E-state index in [1.54, 1.807) is 0 Å². The van der Waals surface area contributed by atoms with E-state index in [4.69, 9.17) is 15.7 Å². The molecule has 0 aromatic rings. The summed E-state index contributed by atoms with van der Waals surface area (Å²) in [6, 6.07) is 0. The average molecular weight is 245 g/mol. The molecule has 17 heavy (non-hydrogen) atoms. The summed E-state index contributed by atoms with van der Waals surface area (Å²) >= 11 is 0. The molecule has 0 saturated carbocycles. The van der Waals surface area contributed by atoms with Gasteiger partial charge in [-0.2, -0.15) is 0 Å². The molecule has 6 heteroatoms. The van der Waals surface area contributed by atoms with Crippen molar-refractivity contribution in [3.8, 4) is 0 Å². The number of ether oxygens (including phenoxy) is 1. The molecule has 1 atom stereocenters. The zero-order valence-corrected chi connectivity index (χ0v) is 10.6. The van der Waals surface area contributed by atoms with E-state index in [9.17, 15) is 4.79 Å². The number of hydrogen-bond acceptors (Lipinski definition) is 4. The van der Waals surface area contributed by atoms with Crippen LogP contribution in [0.3, 0.4) is 0 Å². The first kappa shape index (κ1) is 15.7. The van der Waals surface area contributed by atoms with Gasteiger partial charge in [0.25, 0.3) is 0 Å². The Morgan fingerprint density at radius 1 is 1.53 bits per heavy atom. The number of oxime groups is 1. The molecular weight excluding hydrogens is 222 g/mol. The first-order valence-electron chi connectivity index (χ1n) is 6.00. The van der Waals surface area contributed by atoms with Crippen LogP contribution in [0.5, 0.6) is 0 Å². The minimum atomic E-state index is -0.544. The van der Waals surface area contributed by atoms with Gasteiger partial charge in [-0.15, -0.1) is 0 Å². The number of rotatable bonds is 9. The standard InChI is InChI=1S/C11H23N3O3/c1-3-6-9(10(12)14-16)11(15)13-7-5-8-17-4-2/h9,16H,3-8H2,1-2H3,(H2,12,14)(H,13,15). The molecule has 0 saturated heterocycles. The van der Waals surface area contributed by atoms with Gasteiger partial charge in [-0.05, 0) is 19.8 Å². The number of carbonyl (C=O) groups excluding carboxylic acids is 1. The Morgan fingerprint density at radius 2 is 2.24 bits per heavy atom. The maximum absolute atomic E-state index is 11.7. The van der Waals surface area contributed by atoms with E-state index in [2.05, 4.69) is 10.5 Å². The van der Waals surface area contributed by atoms with E-state index in [0.29, 0.717) is 26.2 Å². The van der Waals surface area contributed by atoms with Gasteiger partial charge >= 0.3 is 0 Å². The Balaban J connectivity index is 3.98. The fraction of sp³-hybridized carbons (Fsp3) is 0.818. The van der Waals surface area contributed by atoms with Crippen LogP contribution in [-0.2, 0) is 9.53 Å². The van der Waals surface area contributed by atoms with Crippen molar-refractivity contribution in [2.75, 3.05) is 19.8 Å². The number of amidine groups is 1. The van der Waals surface area contributed by atoms with Crippen LogP contribution in [0.1, 0.15) is 33.1 Å². The van der Waals surface area contributed by atoms with Gasteiger partial charge in [0.2, 0.25) is 5.91 Å². The van der Waals surface area contributed by atoms with E-state index in [-0.39, 0.29) is 11.7 Å². The fourth-order valence-electron chi connectivity index (χ4n) is 1.43. The smallest absolute Gasteiger partial charge is 0.230 e. The molecule has 0 heterocycles. The van der Waals surface area contributed by atoms with Crippen molar-refractivity contribution in [2.24, 2.45) is 16.8 Å². The summed E-state index contributed by atoms with van der Waals surface area (Å²) in [6.45, 7) is 5.71. The molecule has 0 aliphatic rings. The Hall–Kier alpha value is -1.30. The maximum Gasteiger partial charge on any atom is 0.230 e. The second-order valence-electron chi connectivity index (χ2n) is 3.71. The second kappa shape index (κ2) is 9.89. The first-order valence-corrected chi connectivity index (χ1v) is 6.00. The molecule has 1 amide bonds. The van der Waals surface area contributed by atoms with Gasteiger partial charge in [-0.25, -0.2) is 0 Å². The number of nitrogens with one attached hydrogen (secondary N) is 1. The van der Waals surface area contributed by atoms with Crippen molar-refractivity contribution < 1.29 is 14.7 Å². The van der Waals surface area contributed by atoms with Gasteiger partial charge in [0.1, 0.15) is 0 Å². The summed E-state index contributed by atoms with van der Waals surface area (Å²) in [4.78, 5) is 11.7. The molecule has 0 radical (unpaired) electrons. The van der Waals surface area contributed by atoms with Crippen LogP contribution >= 0.6 is 0 Å². The van der Waals surface area contributed by atoms with Crippen molar-refractivity contribution in [1.29, 1.82) is 0 Å². The molecule has 0 aliphatic heterocycles. The van der Waals surface area contributed by atoms with E-state index in [0.717, 1.165) is 12.8 Å². The van der Waals surface area contributed by atoms with Crippen molar-refractivity contribution >= 4 is 11.7 Å². The molecule has 0 fully saturated rings. The molecular formula is C11H23N3O3. The Morgan fingerprint density at radius 3 is 2.76 bits per heavy atom. The molecule has 6 nitrogen and oxygen atoms in total. The Kier molecular flexibility index (Phi) is 9.14. The third kappa shape index (κ3) is 6.78. The molecule has 0 rings (SSSR count). The van der Waals surface area contributed by atoms with Crippen molar-refractivity contribution in [3.63, 3.8) is 0 Å². The highest BCUT2D eigenvalue weighted by molar-refractivity contribution is 6.01. The normalized spacial score (nSPS) is 13.4. The quantitative estimate of drug-likeness (QED) is 0.183. The summed E-state index contributed by atoms with van der Waals surface area (Å²) in [7, 11) is 0. The summed E-state index contributed by atoms with van der Waals surface area (Å²) in [5, 5.41) is 14.2. The summed E-state index contributed by atoms with van der Waals surface area (Å²) in [6.07, 6.45) is 2.13. The van der Waals surface area contributed by atoms with Crippen LogP contribution in [0.2, 0.25) is 0 Å². The minimum Gasteiger partial charge on any atom is -0.409 e. The fourth-order valence-corrected chi connectivity index (χ4v) is 1.43. The summed E-state index contributed by atoms with van der Waals surface area (Å²) in [5.74, 6) is -0.773. The van der Waals surface area contributed by atoms with Crippen LogP contribution < -0.4 is 11.1 Å². The van der Waals surface area contributed by atoms with Crippen LogP contribution in [0.4, 0.5) is 0 Å². The number of carbonyl (C=O) groups is 1.